The Morgan fingerprint density at radius 2 is 1.41 bits per heavy atom. The van der Waals surface area contributed by atoms with Crippen molar-refractivity contribution in [3.63, 3.8) is 0 Å². The summed E-state index contributed by atoms with van der Waals surface area (Å²) < 4.78 is 10.7. The Morgan fingerprint density at radius 3 is 1.82 bits per heavy atom. The highest BCUT2D eigenvalue weighted by atomic mass is 16.7. The number of aliphatic hydroxyl groups is 2. The lowest BCUT2D eigenvalue weighted by Crippen LogP contribution is -2.36. The first-order chi connectivity index (χ1) is 10.6. The van der Waals surface area contributed by atoms with E-state index in [1.165, 1.54) is 0 Å². The van der Waals surface area contributed by atoms with Crippen LogP contribution in [-0.4, -0.2) is 48.9 Å². The summed E-state index contributed by atoms with van der Waals surface area (Å²) in [4.78, 5) is 2.22. The topological polar surface area (TPSA) is 62.2 Å². The average molecular weight is 311 g/mol. The third kappa shape index (κ3) is 4.95. The van der Waals surface area contributed by atoms with Gasteiger partial charge in [0.05, 0.1) is 0 Å². The van der Waals surface area contributed by atoms with Gasteiger partial charge in [-0.25, -0.2) is 0 Å². The molecule has 0 radical (unpaired) electrons. The van der Waals surface area contributed by atoms with Crippen LogP contribution in [0.3, 0.4) is 0 Å². The molecule has 0 fully saturated rings. The first-order valence-electron chi connectivity index (χ1n) is 8.03. The third-order valence-corrected chi connectivity index (χ3v) is 3.63. The maximum atomic E-state index is 10.3. The van der Waals surface area contributed by atoms with Gasteiger partial charge < -0.3 is 24.6 Å². The molecule has 0 bridgehead atoms. The van der Waals surface area contributed by atoms with Gasteiger partial charge in [-0.3, -0.25) is 0 Å². The Bertz CT molecular complexity index is 400. The number of benzene rings is 1. The predicted octanol–water partition coefficient (Wildman–Crippen LogP) is 2.33. The largest absolute Gasteiger partial charge is 0.385 e. The van der Waals surface area contributed by atoms with Crippen molar-refractivity contribution < 1.29 is 19.7 Å². The van der Waals surface area contributed by atoms with Crippen LogP contribution in [0.15, 0.2) is 24.3 Å². The summed E-state index contributed by atoms with van der Waals surface area (Å²) in [5.41, 5.74) is 1.74. The lowest BCUT2D eigenvalue weighted by atomic mass is 10.0. The van der Waals surface area contributed by atoms with E-state index >= 15 is 0 Å². The smallest absolute Gasteiger partial charge is 0.186 e. The first kappa shape index (κ1) is 18.9. The number of nitrogens with zero attached hydrogens (tertiary/aromatic N) is 1. The van der Waals surface area contributed by atoms with Gasteiger partial charge in [-0.2, -0.15) is 0 Å². The number of hydrogen-bond donors (Lipinski definition) is 2. The summed E-state index contributed by atoms with van der Waals surface area (Å²) in [5, 5.41) is 20.6. The zero-order valence-corrected chi connectivity index (χ0v) is 14.0. The van der Waals surface area contributed by atoms with Crippen molar-refractivity contribution >= 4 is 5.69 Å². The SMILES string of the molecule is CCOC(OCC)[C@H](O)[C@@H](O)c1ccc(N(CC)CC)cc1. The molecular weight excluding hydrogens is 282 g/mol. The van der Waals surface area contributed by atoms with Crippen LogP contribution in [0.4, 0.5) is 5.69 Å². The molecule has 0 spiro atoms. The van der Waals surface area contributed by atoms with Crippen molar-refractivity contribution in [2.45, 2.75) is 46.2 Å². The van der Waals surface area contributed by atoms with Gasteiger partial charge in [0, 0.05) is 32.0 Å². The van der Waals surface area contributed by atoms with E-state index in [0.29, 0.717) is 18.8 Å². The molecule has 0 heterocycles. The predicted molar refractivity (Wildman–Crippen MR) is 88.0 cm³/mol. The first-order valence-corrected chi connectivity index (χ1v) is 8.03. The van der Waals surface area contributed by atoms with Gasteiger partial charge in [0.25, 0.3) is 0 Å². The van der Waals surface area contributed by atoms with Crippen LogP contribution >= 0.6 is 0 Å². The van der Waals surface area contributed by atoms with Gasteiger partial charge in [-0.15, -0.1) is 0 Å². The molecule has 2 N–H and O–H groups in total. The highest BCUT2D eigenvalue weighted by molar-refractivity contribution is 5.47. The second kappa shape index (κ2) is 9.79. The minimum atomic E-state index is -1.13. The Hall–Kier alpha value is -1.14. The van der Waals surface area contributed by atoms with Crippen LogP contribution < -0.4 is 4.90 Å². The van der Waals surface area contributed by atoms with E-state index in [1.807, 2.05) is 38.1 Å². The van der Waals surface area contributed by atoms with Crippen molar-refractivity contribution in [2.24, 2.45) is 0 Å². The molecule has 22 heavy (non-hydrogen) atoms. The van der Waals surface area contributed by atoms with Crippen molar-refractivity contribution in [1.29, 1.82) is 0 Å². The molecule has 0 amide bonds. The summed E-state index contributed by atoms with van der Waals surface area (Å²) in [5.74, 6) is 0. The summed E-state index contributed by atoms with van der Waals surface area (Å²) >= 11 is 0. The number of ether oxygens (including phenoxy) is 2. The molecule has 1 aromatic carbocycles. The standard InChI is InChI=1S/C17H29NO4/c1-5-18(6-2)14-11-9-13(10-12-14)15(19)16(20)17(21-7-3)22-8-4/h9-12,15-17,19-20H,5-8H2,1-4H3/t15-,16+/m0/s1. The second-order valence-electron chi connectivity index (χ2n) is 4.98. The van der Waals surface area contributed by atoms with Gasteiger partial charge in [-0.05, 0) is 45.4 Å². The van der Waals surface area contributed by atoms with Crippen LogP contribution in [0, 0.1) is 0 Å². The molecule has 5 nitrogen and oxygen atoms in total. The van der Waals surface area contributed by atoms with Crippen LogP contribution in [-0.2, 0) is 9.47 Å². The molecule has 1 rings (SSSR count). The molecule has 0 unspecified atom stereocenters. The van der Waals surface area contributed by atoms with Gasteiger partial charge in [-0.1, -0.05) is 12.1 Å². The van der Waals surface area contributed by atoms with Crippen molar-refractivity contribution in [1.82, 2.24) is 0 Å². The normalized spacial score (nSPS) is 14.1. The Labute approximate surface area is 133 Å². The highest BCUT2D eigenvalue weighted by Gasteiger charge is 2.28. The molecule has 126 valence electrons. The van der Waals surface area contributed by atoms with Gasteiger partial charge in [0.2, 0.25) is 0 Å². The van der Waals surface area contributed by atoms with Gasteiger partial charge in [0.1, 0.15) is 12.2 Å². The van der Waals surface area contributed by atoms with E-state index in [1.54, 1.807) is 0 Å². The molecule has 0 aromatic heterocycles. The van der Waals surface area contributed by atoms with Crippen LogP contribution in [0.1, 0.15) is 39.4 Å². The molecule has 0 saturated heterocycles. The second-order valence-corrected chi connectivity index (χ2v) is 4.98. The van der Waals surface area contributed by atoms with Gasteiger partial charge in [0.15, 0.2) is 6.29 Å². The fraction of sp³-hybridized carbons (Fsp3) is 0.647. The van der Waals surface area contributed by atoms with E-state index in [0.717, 1.165) is 18.8 Å². The van der Waals surface area contributed by atoms with Crippen molar-refractivity contribution in [3.05, 3.63) is 29.8 Å². The molecule has 0 aliphatic heterocycles. The Kier molecular flexibility index (Phi) is 8.42. The summed E-state index contributed by atoms with van der Waals surface area (Å²) in [6.07, 6.45) is -3.00. The van der Waals surface area contributed by atoms with Crippen molar-refractivity contribution in [2.75, 3.05) is 31.2 Å². The van der Waals surface area contributed by atoms with E-state index < -0.39 is 18.5 Å². The number of hydrogen-bond acceptors (Lipinski definition) is 5. The van der Waals surface area contributed by atoms with Crippen LogP contribution in [0.2, 0.25) is 0 Å². The minimum Gasteiger partial charge on any atom is -0.385 e. The monoisotopic (exact) mass is 311 g/mol. The third-order valence-electron chi connectivity index (χ3n) is 3.63. The number of rotatable bonds is 10. The molecule has 0 saturated carbocycles. The van der Waals surface area contributed by atoms with Crippen LogP contribution in [0.25, 0.3) is 0 Å². The van der Waals surface area contributed by atoms with Gasteiger partial charge >= 0.3 is 0 Å². The molecular formula is C17H29NO4. The zero-order valence-electron chi connectivity index (χ0n) is 14.0. The highest BCUT2D eigenvalue weighted by Crippen LogP contribution is 2.24. The fourth-order valence-electron chi connectivity index (χ4n) is 2.39. The van der Waals surface area contributed by atoms with E-state index in [2.05, 4.69) is 18.7 Å². The van der Waals surface area contributed by atoms with Crippen LogP contribution in [0.5, 0.6) is 0 Å². The minimum absolute atomic E-state index is 0.412. The summed E-state index contributed by atoms with van der Waals surface area (Å²) in [6, 6.07) is 7.57. The number of aliphatic hydroxyl groups excluding tert-OH is 2. The zero-order chi connectivity index (χ0) is 16.5. The quantitative estimate of drug-likeness (QED) is 0.649. The van der Waals surface area contributed by atoms with E-state index in [4.69, 9.17) is 9.47 Å². The summed E-state index contributed by atoms with van der Waals surface area (Å²) in [6.45, 7) is 10.5. The maximum absolute atomic E-state index is 10.3. The molecule has 0 aliphatic carbocycles. The Balaban J connectivity index is 2.81. The van der Waals surface area contributed by atoms with E-state index in [9.17, 15) is 10.2 Å². The lowest BCUT2D eigenvalue weighted by molar-refractivity contribution is -0.212. The molecule has 2 atom stereocenters. The van der Waals surface area contributed by atoms with Crippen molar-refractivity contribution in [3.8, 4) is 0 Å². The molecule has 0 aliphatic rings. The number of anilines is 1. The fourth-order valence-corrected chi connectivity index (χ4v) is 2.39. The van der Waals surface area contributed by atoms with E-state index in [-0.39, 0.29) is 0 Å². The average Bonchev–Trinajstić information content (AvgIpc) is 2.55. The maximum Gasteiger partial charge on any atom is 0.186 e. The molecule has 1 aromatic rings. The molecule has 5 heteroatoms. The Morgan fingerprint density at radius 1 is 0.909 bits per heavy atom. The lowest BCUT2D eigenvalue weighted by Gasteiger charge is -2.27. The summed E-state index contributed by atoms with van der Waals surface area (Å²) in [7, 11) is 0.